The first-order valence-corrected chi connectivity index (χ1v) is 20.4. The summed E-state index contributed by atoms with van der Waals surface area (Å²) in [4.78, 5) is 0. The van der Waals surface area contributed by atoms with Crippen LogP contribution in [0.5, 0.6) is 0 Å². The van der Waals surface area contributed by atoms with Gasteiger partial charge < -0.3 is 8.85 Å². The molecule has 0 spiro atoms. The van der Waals surface area contributed by atoms with Crippen LogP contribution in [0, 0.1) is 23.2 Å². The van der Waals surface area contributed by atoms with E-state index in [1.54, 1.807) is 0 Å². The number of hydrogen-bond acceptors (Lipinski definition) is 2. The van der Waals surface area contributed by atoms with Gasteiger partial charge in [-0.1, -0.05) is 74.7 Å². The minimum Gasteiger partial charge on any atom is -0.414 e. The molecule has 0 N–H and O–H groups in total. The fourth-order valence-corrected chi connectivity index (χ4v) is 12.0. The Morgan fingerprint density at radius 2 is 1.53 bits per heavy atom. The van der Waals surface area contributed by atoms with Gasteiger partial charge in [-0.05, 0) is 105 Å². The summed E-state index contributed by atoms with van der Waals surface area (Å²) in [6, 6.07) is 3.75. The van der Waals surface area contributed by atoms with Gasteiger partial charge in [0.15, 0.2) is 16.6 Å². The fraction of sp³-hybridized carbons (Fsp3) is 1.00. The quantitative estimate of drug-likeness (QED) is 0.243. The summed E-state index contributed by atoms with van der Waals surface area (Å²) in [7, 11) is -3.26. The Balaban J connectivity index is 1.98. The maximum absolute atomic E-state index is 7.08. The minimum atomic E-state index is -1.72. The topological polar surface area (TPSA) is 18.5 Å². The summed E-state index contributed by atoms with van der Waals surface area (Å²) in [6.07, 6.45) is 11.2. The molecule has 2 rings (SSSR count). The first-order chi connectivity index (χ1) is 15.6. The zero-order valence-corrected chi connectivity index (χ0v) is 27.4. The van der Waals surface area contributed by atoms with Gasteiger partial charge >= 0.3 is 0 Å². The zero-order chi connectivity index (χ0) is 26.0. The van der Waals surface area contributed by atoms with Crippen molar-refractivity contribution in [2.24, 2.45) is 23.2 Å². The molecule has 2 fully saturated rings. The zero-order valence-electron chi connectivity index (χ0n) is 25.4. The molecule has 2 saturated carbocycles. The van der Waals surface area contributed by atoms with E-state index in [2.05, 4.69) is 82.3 Å². The summed E-state index contributed by atoms with van der Waals surface area (Å²) in [5.41, 5.74) is 0.508. The van der Waals surface area contributed by atoms with Crippen molar-refractivity contribution in [3.63, 3.8) is 0 Å². The van der Waals surface area contributed by atoms with E-state index in [-0.39, 0.29) is 5.60 Å². The molecule has 0 radical (unpaired) electrons. The molecule has 0 aromatic heterocycles. The summed E-state index contributed by atoms with van der Waals surface area (Å²) in [5.74, 6) is 2.44. The SMILES string of the molecule is CC[Si](CC)(CC)OC(C)(C)CCC[C@H](C)C1CC[C@H]2C(O[Si](C)(C)C(C)(C)C)CCC[C@]12C. The highest BCUT2D eigenvalue weighted by Gasteiger charge is 2.54. The van der Waals surface area contributed by atoms with Crippen molar-refractivity contribution in [1.29, 1.82) is 0 Å². The second kappa shape index (κ2) is 11.4. The molecule has 2 nitrogen and oxygen atoms in total. The van der Waals surface area contributed by atoms with Crippen LogP contribution in [-0.4, -0.2) is 28.3 Å². The lowest BCUT2D eigenvalue weighted by Gasteiger charge is -2.50. The lowest BCUT2D eigenvalue weighted by molar-refractivity contribution is -0.0217. The molecule has 2 aliphatic carbocycles. The molecular weight excluding hydrogens is 449 g/mol. The van der Waals surface area contributed by atoms with E-state index < -0.39 is 16.6 Å². The Bertz CT molecular complexity index is 626. The smallest absolute Gasteiger partial charge is 0.192 e. The van der Waals surface area contributed by atoms with E-state index in [1.807, 2.05) is 0 Å². The molecule has 0 aromatic rings. The van der Waals surface area contributed by atoms with E-state index in [9.17, 15) is 0 Å². The molecule has 2 aliphatic rings. The van der Waals surface area contributed by atoms with Crippen molar-refractivity contribution in [3.05, 3.63) is 0 Å². The van der Waals surface area contributed by atoms with Gasteiger partial charge in [0, 0.05) is 6.10 Å². The van der Waals surface area contributed by atoms with E-state index >= 15 is 0 Å². The monoisotopic (exact) mass is 510 g/mol. The van der Waals surface area contributed by atoms with Crippen molar-refractivity contribution >= 4 is 16.6 Å². The van der Waals surface area contributed by atoms with Crippen molar-refractivity contribution in [2.45, 2.75) is 169 Å². The summed E-state index contributed by atoms with van der Waals surface area (Å²) in [6.45, 7) is 29.0. The van der Waals surface area contributed by atoms with Crippen molar-refractivity contribution in [3.8, 4) is 0 Å². The Morgan fingerprint density at radius 3 is 2.06 bits per heavy atom. The Hall–Kier alpha value is 0.354. The van der Waals surface area contributed by atoms with E-state index in [0.29, 0.717) is 16.6 Å². The van der Waals surface area contributed by atoms with Crippen molar-refractivity contribution in [1.82, 2.24) is 0 Å². The van der Waals surface area contributed by atoms with Gasteiger partial charge in [-0.3, -0.25) is 0 Å². The van der Waals surface area contributed by atoms with Gasteiger partial charge in [0.25, 0.3) is 0 Å². The van der Waals surface area contributed by atoms with Crippen LogP contribution in [0.3, 0.4) is 0 Å². The van der Waals surface area contributed by atoms with Crippen LogP contribution in [0.4, 0.5) is 0 Å². The first-order valence-electron chi connectivity index (χ1n) is 14.9. The Kier molecular flexibility index (Phi) is 10.2. The van der Waals surface area contributed by atoms with Gasteiger partial charge in [-0.25, -0.2) is 0 Å². The second-order valence-corrected chi connectivity index (χ2v) is 24.0. The van der Waals surface area contributed by atoms with Crippen LogP contribution in [0.1, 0.15) is 121 Å². The maximum atomic E-state index is 7.08. The van der Waals surface area contributed by atoms with Crippen molar-refractivity contribution in [2.75, 3.05) is 0 Å². The first kappa shape index (κ1) is 30.6. The highest BCUT2D eigenvalue weighted by molar-refractivity contribution is 6.74. The summed E-state index contributed by atoms with van der Waals surface area (Å²) < 4.78 is 14.0. The summed E-state index contributed by atoms with van der Waals surface area (Å²) >= 11 is 0. The predicted molar refractivity (Wildman–Crippen MR) is 156 cm³/mol. The molecule has 0 bridgehead atoms. The van der Waals surface area contributed by atoms with E-state index in [1.165, 1.54) is 69.5 Å². The third-order valence-corrected chi connectivity index (χ3v) is 20.3. The third kappa shape index (κ3) is 6.81. The van der Waals surface area contributed by atoms with Gasteiger partial charge in [-0.2, -0.15) is 0 Å². The minimum absolute atomic E-state index is 0.0308. The average Bonchev–Trinajstić information content (AvgIpc) is 3.09. The molecule has 0 heterocycles. The molecule has 0 aliphatic heterocycles. The second-order valence-electron chi connectivity index (χ2n) is 14.6. The van der Waals surface area contributed by atoms with Crippen LogP contribution < -0.4 is 0 Å². The molecule has 2 unspecified atom stereocenters. The maximum Gasteiger partial charge on any atom is 0.192 e. The van der Waals surface area contributed by atoms with Gasteiger partial charge in [0.1, 0.15) is 0 Å². The fourth-order valence-electron chi connectivity index (χ4n) is 7.45. The van der Waals surface area contributed by atoms with Gasteiger partial charge in [-0.15, -0.1) is 0 Å². The standard InChI is InChI=1S/C30H62O2Si2/c1-13-34(14-2,15-3)32-29(8,9)22-16-18-24(4)25-20-21-26-27(19-17-23-30(25,26)10)31-33(11,12)28(5,6)7/h24-27H,13-23H2,1-12H3/t24-,25?,26-,27?,30+/m0/s1. The van der Waals surface area contributed by atoms with Crippen LogP contribution in [0.25, 0.3) is 0 Å². The highest BCUT2D eigenvalue weighted by atomic mass is 28.4. The summed E-state index contributed by atoms with van der Waals surface area (Å²) in [5, 5.41) is 0.300. The molecule has 34 heavy (non-hydrogen) atoms. The lowest BCUT2D eigenvalue weighted by Crippen LogP contribution is -2.50. The van der Waals surface area contributed by atoms with Gasteiger partial charge in [0.2, 0.25) is 0 Å². The molecule has 202 valence electrons. The predicted octanol–water partition coefficient (Wildman–Crippen LogP) is 10.2. The number of rotatable bonds is 12. The third-order valence-electron chi connectivity index (χ3n) is 10.9. The molecule has 0 saturated heterocycles. The number of hydrogen-bond donors (Lipinski definition) is 0. The van der Waals surface area contributed by atoms with Crippen LogP contribution in [0.2, 0.25) is 36.3 Å². The largest absolute Gasteiger partial charge is 0.414 e. The molecule has 0 amide bonds. The van der Waals surface area contributed by atoms with Crippen molar-refractivity contribution < 1.29 is 8.85 Å². The molecular formula is C30H62O2Si2. The van der Waals surface area contributed by atoms with Crippen LogP contribution >= 0.6 is 0 Å². The highest BCUT2D eigenvalue weighted by Crippen LogP contribution is 2.59. The Morgan fingerprint density at radius 1 is 0.941 bits per heavy atom. The molecule has 5 atom stereocenters. The number of fused-ring (bicyclic) bond motifs is 1. The lowest BCUT2D eigenvalue weighted by atomic mass is 9.61. The normalized spacial score (nSPS) is 29.8. The van der Waals surface area contributed by atoms with Gasteiger partial charge in [0.05, 0.1) is 5.60 Å². The van der Waals surface area contributed by atoms with Crippen LogP contribution in [0.15, 0.2) is 0 Å². The molecule has 4 heteroatoms. The molecule has 0 aromatic carbocycles. The van der Waals surface area contributed by atoms with E-state index in [4.69, 9.17) is 8.85 Å². The Labute approximate surface area is 217 Å². The average molecular weight is 511 g/mol. The van der Waals surface area contributed by atoms with E-state index in [0.717, 1.165) is 17.8 Å². The van der Waals surface area contributed by atoms with Crippen LogP contribution in [-0.2, 0) is 8.85 Å².